The van der Waals surface area contributed by atoms with Crippen LogP contribution in [0.1, 0.15) is 40.3 Å². The number of halogens is 1. The van der Waals surface area contributed by atoms with Gasteiger partial charge in [0.15, 0.2) is 0 Å². The van der Waals surface area contributed by atoms with Gasteiger partial charge in [0.05, 0.1) is 0 Å². The number of carbonyl (C=O) groups excluding carboxylic acids is 1. The maximum Gasteiger partial charge on any atom is 0.220 e. The Morgan fingerprint density at radius 2 is 1.57 bits per heavy atom. The molecule has 0 saturated heterocycles. The van der Waals surface area contributed by atoms with E-state index < -0.39 is 0 Å². The van der Waals surface area contributed by atoms with Crippen LogP contribution in [0.5, 0.6) is 5.75 Å². The maximum atomic E-state index is 13.6. The second kappa shape index (κ2) is 13.8. The zero-order chi connectivity index (χ0) is 30.1. The summed E-state index contributed by atoms with van der Waals surface area (Å²) in [6, 6.07) is 38.8. The highest BCUT2D eigenvalue weighted by molar-refractivity contribution is 5.87. The van der Waals surface area contributed by atoms with E-state index in [4.69, 9.17) is 4.74 Å². The summed E-state index contributed by atoms with van der Waals surface area (Å²) in [5.74, 6) is 0.310. The number of benzene rings is 4. The van der Waals surface area contributed by atoms with Gasteiger partial charge in [-0.1, -0.05) is 78.9 Å². The Hall–Kier alpha value is -5.23. The zero-order valence-electron chi connectivity index (χ0n) is 24.4. The van der Waals surface area contributed by atoms with Gasteiger partial charge in [0.2, 0.25) is 5.91 Å². The number of hydrogen-bond donors (Lipinski definition) is 1. The summed E-state index contributed by atoms with van der Waals surface area (Å²) < 4.78 is 21.8. The van der Waals surface area contributed by atoms with Crippen LogP contribution in [0.3, 0.4) is 0 Å². The number of pyridine rings is 1. The van der Waals surface area contributed by atoms with Crippen molar-refractivity contribution in [1.82, 2.24) is 14.9 Å². The van der Waals surface area contributed by atoms with Crippen LogP contribution in [0.15, 0.2) is 134 Å². The lowest BCUT2D eigenvalue weighted by molar-refractivity contribution is -0.121. The minimum atomic E-state index is -0.253. The Morgan fingerprint density at radius 1 is 0.818 bits per heavy atom. The molecule has 0 radical (unpaired) electrons. The van der Waals surface area contributed by atoms with Gasteiger partial charge in [-0.3, -0.25) is 9.78 Å². The van der Waals surface area contributed by atoms with Gasteiger partial charge in [-0.05, 0) is 64.7 Å². The minimum Gasteiger partial charge on any atom is -0.489 e. The van der Waals surface area contributed by atoms with Crippen LogP contribution in [0.4, 0.5) is 4.39 Å². The highest BCUT2D eigenvalue weighted by Crippen LogP contribution is 2.36. The van der Waals surface area contributed by atoms with Crippen molar-refractivity contribution >= 4 is 16.8 Å². The van der Waals surface area contributed by atoms with Gasteiger partial charge in [0, 0.05) is 60.8 Å². The van der Waals surface area contributed by atoms with Crippen molar-refractivity contribution in [3.8, 4) is 5.75 Å². The Balaban J connectivity index is 1.27. The third kappa shape index (κ3) is 7.21. The van der Waals surface area contributed by atoms with E-state index in [0.717, 1.165) is 44.6 Å². The molecule has 2 aromatic heterocycles. The molecule has 1 unspecified atom stereocenters. The van der Waals surface area contributed by atoms with Crippen LogP contribution in [0.2, 0.25) is 0 Å². The predicted molar refractivity (Wildman–Crippen MR) is 172 cm³/mol. The number of amides is 1. The molecule has 6 rings (SSSR count). The van der Waals surface area contributed by atoms with Crippen molar-refractivity contribution in [2.45, 2.75) is 31.9 Å². The molecule has 0 saturated carbocycles. The third-order valence-electron chi connectivity index (χ3n) is 7.81. The SMILES string of the molecule is O=C(CC(c1ccc(OCc2ccccc2)cc1)c1cn(Cc2ccc(F)cc2)c2ccccc12)NCCc1ccccn1. The Kier molecular flexibility index (Phi) is 9.07. The quantitative estimate of drug-likeness (QED) is 0.161. The fourth-order valence-electron chi connectivity index (χ4n) is 5.55. The third-order valence-corrected chi connectivity index (χ3v) is 7.81. The molecule has 2 heterocycles. The van der Waals surface area contributed by atoms with E-state index in [1.807, 2.05) is 84.9 Å². The minimum absolute atomic E-state index is 0.0225. The lowest BCUT2D eigenvalue weighted by atomic mass is 9.88. The van der Waals surface area contributed by atoms with Crippen molar-refractivity contribution in [2.24, 2.45) is 0 Å². The second-order valence-electron chi connectivity index (χ2n) is 10.9. The van der Waals surface area contributed by atoms with Crippen molar-refractivity contribution < 1.29 is 13.9 Å². The number of fused-ring (bicyclic) bond motifs is 1. The molecule has 220 valence electrons. The van der Waals surface area contributed by atoms with Crippen molar-refractivity contribution in [2.75, 3.05) is 6.54 Å². The van der Waals surface area contributed by atoms with Crippen LogP contribution in [-0.2, 0) is 24.4 Å². The first-order valence-electron chi connectivity index (χ1n) is 14.9. The molecule has 0 aliphatic carbocycles. The summed E-state index contributed by atoms with van der Waals surface area (Å²) in [7, 11) is 0. The molecule has 0 fully saturated rings. The Labute approximate surface area is 257 Å². The summed E-state index contributed by atoms with van der Waals surface area (Å²) in [5, 5.41) is 4.19. The molecular weight excluding hydrogens is 549 g/mol. The van der Waals surface area contributed by atoms with Crippen molar-refractivity contribution in [3.05, 3.63) is 167 Å². The molecule has 0 aliphatic heterocycles. The number of carbonyl (C=O) groups is 1. The van der Waals surface area contributed by atoms with Crippen molar-refractivity contribution in [3.63, 3.8) is 0 Å². The number of nitrogens with one attached hydrogen (secondary N) is 1. The maximum absolute atomic E-state index is 13.6. The van der Waals surface area contributed by atoms with Crippen LogP contribution < -0.4 is 10.1 Å². The van der Waals surface area contributed by atoms with Crippen LogP contribution in [-0.4, -0.2) is 22.0 Å². The monoisotopic (exact) mass is 583 g/mol. The lowest BCUT2D eigenvalue weighted by Gasteiger charge is -2.18. The Morgan fingerprint density at radius 3 is 2.34 bits per heavy atom. The molecule has 44 heavy (non-hydrogen) atoms. The highest BCUT2D eigenvalue weighted by atomic mass is 19.1. The Bertz CT molecular complexity index is 1800. The molecule has 1 atom stereocenters. The second-order valence-corrected chi connectivity index (χ2v) is 10.9. The topological polar surface area (TPSA) is 56.1 Å². The van der Waals surface area contributed by atoms with Crippen LogP contribution in [0.25, 0.3) is 10.9 Å². The fourth-order valence-corrected chi connectivity index (χ4v) is 5.55. The summed E-state index contributed by atoms with van der Waals surface area (Å²) in [5.41, 5.74) is 6.21. The van der Waals surface area contributed by atoms with Crippen LogP contribution >= 0.6 is 0 Å². The first kappa shape index (κ1) is 28.9. The number of para-hydroxylation sites is 1. The number of hydrogen-bond acceptors (Lipinski definition) is 3. The van der Waals surface area contributed by atoms with E-state index in [2.05, 4.69) is 45.3 Å². The lowest BCUT2D eigenvalue weighted by Crippen LogP contribution is -2.27. The van der Waals surface area contributed by atoms with E-state index in [1.54, 1.807) is 6.20 Å². The van der Waals surface area contributed by atoms with Gasteiger partial charge in [-0.2, -0.15) is 0 Å². The molecule has 0 spiro atoms. The van der Waals surface area contributed by atoms with Gasteiger partial charge in [0.25, 0.3) is 0 Å². The van der Waals surface area contributed by atoms with Gasteiger partial charge in [0.1, 0.15) is 18.2 Å². The van der Waals surface area contributed by atoms with Gasteiger partial charge < -0.3 is 14.6 Å². The number of nitrogens with zero attached hydrogens (tertiary/aromatic N) is 2. The predicted octanol–water partition coefficient (Wildman–Crippen LogP) is 7.68. The molecule has 5 nitrogen and oxygen atoms in total. The zero-order valence-corrected chi connectivity index (χ0v) is 24.4. The standard InChI is InChI=1S/C38H34FN3O2/c39-31-17-13-28(14-18-31)25-42-26-36(34-11-4-5-12-37(34)42)35(24-38(43)41-23-21-32-10-6-7-22-40-32)30-15-19-33(20-16-30)44-27-29-8-2-1-3-9-29/h1-20,22,26,35H,21,23-25,27H2,(H,41,43). The summed E-state index contributed by atoms with van der Waals surface area (Å²) in [4.78, 5) is 17.7. The van der Waals surface area contributed by atoms with Gasteiger partial charge in [-0.15, -0.1) is 0 Å². The summed E-state index contributed by atoms with van der Waals surface area (Å²) in [6.45, 7) is 1.59. The van der Waals surface area contributed by atoms with E-state index in [-0.39, 0.29) is 24.1 Å². The van der Waals surface area contributed by atoms with E-state index in [9.17, 15) is 9.18 Å². The molecule has 1 N–H and O–H groups in total. The summed E-state index contributed by atoms with van der Waals surface area (Å²) >= 11 is 0. The molecular formula is C38H34FN3O2. The molecule has 6 aromatic rings. The van der Waals surface area contributed by atoms with E-state index in [1.165, 1.54) is 12.1 Å². The first-order chi connectivity index (χ1) is 21.6. The average Bonchev–Trinajstić information content (AvgIpc) is 3.43. The van der Waals surface area contributed by atoms with Crippen molar-refractivity contribution in [1.29, 1.82) is 0 Å². The average molecular weight is 584 g/mol. The molecule has 1 amide bonds. The largest absolute Gasteiger partial charge is 0.489 e. The number of rotatable bonds is 12. The smallest absolute Gasteiger partial charge is 0.220 e. The normalized spacial score (nSPS) is 11.8. The molecule has 4 aromatic carbocycles. The molecule has 0 aliphatic rings. The molecule has 0 bridgehead atoms. The van der Waals surface area contributed by atoms with Gasteiger partial charge in [-0.25, -0.2) is 4.39 Å². The van der Waals surface area contributed by atoms with E-state index >= 15 is 0 Å². The van der Waals surface area contributed by atoms with Crippen LogP contribution in [0, 0.1) is 5.82 Å². The number of ether oxygens (including phenoxy) is 1. The molecule has 6 heteroatoms. The first-order valence-corrected chi connectivity index (χ1v) is 14.9. The van der Waals surface area contributed by atoms with Gasteiger partial charge >= 0.3 is 0 Å². The fraction of sp³-hybridized carbons (Fsp3) is 0.158. The number of aromatic nitrogens is 2. The summed E-state index contributed by atoms with van der Waals surface area (Å²) in [6.07, 6.45) is 4.86. The van der Waals surface area contributed by atoms with E-state index in [0.29, 0.717) is 26.1 Å². The highest BCUT2D eigenvalue weighted by Gasteiger charge is 2.23.